The van der Waals surface area contributed by atoms with Gasteiger partial charge >= 0.3 is 12.3 Å². The van der Waals surface area contributed by atoms with Crippen LogP contribution >= 0.6 is 0 Å². The third-order valence-electron chi connectivity index (χ3n) is 2.94. The Morgan fingerprint density at radius 2 is 1.78 bits per heavy atom. The second kappa shape index (κ2) is 5.71. The molecule has 0 aromatic heterocycles. The minimum atomic E-state index is -4.09. The van der Waals surface area contributed by atoms with E-state index in [0.29, 0.717) is 13.1 Å². The quantitative estimate of drug-likeness (QED) is 0.766. The molecule has 108 valence electrons. The van der Waals surface area contributed by atoms with E-state index in [4.69, 9.17) is 4.74 Å². The lowest BCUT2D eigenvalue weighted by Gasteiger charge is -2.38. The second-order valence-electron chi connectivity index (χ2n) is 5.60. The van der Waals surface area contributed by atoms with E-state index in [2.05, 4.69) is 31.4 Å². The summed E-state index contributed by atoms with van der Waals surface area (Å²) in [5.74, 6) is -4.09. The van der Waals surface area contributed by atoms with Crippen molar-refractivity contribution in [2.45, 2.75) is 45.4 Å². The molecule has 1 aliphatic heterocycles. The van der Waals surface area contributed by atoms with Crippen molar-refractivity contribution in [3.8, 4) is 0 Å². The molecule has 3 nitrogen and oxygen atoms in total. The summed E-state index contributed by atoms with van der Waals surface area (Å²) in [5.41, 5.74) is 0.0326. The summed E-state index contributed by atoms with van der Waals surface area (Å²) < 4.78 is 53.9. The fraction of sp³-hybridized carbons (Fsp3) is 1.00. The third-order valence-corrected chi connectivity index (χ3v) is 2.94. The summed E-state index contributed by atoms with van der Waals surface area (Å²) in [6, 6.07) is 0.188. The van der Waals surface area contributed by atoms with Gasteiger partial charge in [-0.25, -0.2) is 8.78 Å². The Hall–Kier alpha value is -0.400. The first-order valence-corrected chi connectivity index (χ1v) is 5.87. The number of halogens is 4. The lowest BCUT2D eigenvalue weighted by Crippen LogP contribution is -2.59. The molecule has 1 rings (SSSR count). The van der Waals surface area contributed by atoms with Gasteiger partial charge in [0.2, 0.25) is 0 Å². The number of hydrogen-bond acceptors (Lipinski definition) is 3. The fourth-order valence-corrected chi connectivity index (χ4v) is 1.65. The lowest BCUT2D eigenvalue weighted by atomic mass is 9.86. The molecule has 0 amide bonds. The summed E-state index contributed by atoms with van der Waals surface area (Å²) in [7, 11) is 0. The predicted octanol–water partition coefficient (Wildman–Crippen LogP) is 1.84. The van der Waals surface area contributed by atoms with Gasteiger partial charge in [-0.2, -0.15) is 8.78 Å². The molecule has 0 aliphatic carbocycles. The molecule has 1 fully saturated rings. The van der Waals surface area contributed by atoms with Gasteiger partial charge in [-0.15, -0.1) is 0 Å². The Morgan fingerprint density at radius 1 is 1.17 bits per heavy atom. The van der Waals surface area contributed by atoms with Crippen molar-refractivity contribution < 1.29 is 22.3 Å². The summed E-state index contributed by atoms with van der Waals surface area (Å²) >= 11 is 0. The summed E-state index contributed by atoms with van der Waals surface area (Å²) in [4.78, 5) is 0. The lowest BCUT2D eigenvalue weighted by molar-refractivity contribution is -0.180. The van der Waals surface area contributed by atoms with Crippen LogP contribution in [0, 0.1) is 5.41 Å². The van der Waals surface area contributed by atoms with Crippen LogP contribution in [0.5, 0.6) is 0 Å². The molecule has 0 radical (unpaired) electrons. The van der Waals surface area contributed by atoms with Gasteiger partial charge in [0, 0.05) is 19.1 Å². The zero-order chi connectivity index (χ0) is 14.0. The molecule has 1 heterocycles. The molecule has 0 spiro atoms. The highest BCUT2D eigenvalue weighted by molar-refractivity contribution is 4.87. The van der Waals surface area contributed by atoms with Crippen LogP contribution in [0.1, 0.15) is 20.8 Å². The highest BCUT2D eigenvalue weighted by Gasteiger charge is 2.42. The topological polar surface area (TPSA) is 33.3 Å². The second-order valence-corrected chi connectivity index (χ2v) is 5.60. The molecule has 0 saturated carbocycles. The van der Waals surface area contributed by atoms with Crippen LogP contribution < -0.4 is 10.6 Å². The molecular formula is C11H20F4N2O. The third kappa shape index (κ3) is 4.37. The van der Waals surface area contributed by atoms with E-state index < -0.39 is 25.2 Å². The number of nitrogens with one attached hydrogen (secondary N) is 2. The molecule has 0 bridgehead atoms. The van der Waals surface area contributed by atoms with E-state index in [1.165, 1.54) is 0 Å². The Kier molecular flexibility index (Phi) is 4.97. The predicted molar refractivity (Wildman–Crippen MR) is 59.9 cm³/mol. The first-order chi connectivity index (χ1) is 8.13. The molecule has 0 aromatic rings. The summed E-state index contributed by atoms with van der Waals surface area (Å²) in [6.07, 6.45) is -4.36. The van der Waals surface area contributed by atoms with Gasteiger partial charge in [0.15, 0.2) is 0 Å². The van der Waals surface area contributed by atoms with Gasteiger partial charge in [-0.1, -0.05) is 20.8 Å². The van der Waals surface area contributed by atoms with Crippen molar-refractivity contribution in [3.63, 3.8) is 0 Å². The minimum Gasteiger partial charge on any atom is -0.356 e. The standard InChI is InChI=1S/C11H20F4N2O/c1-10(2,3)7-4-17-8(5-16-7)18-6-11(14,15)9(12)13/h7-9,16-17H,4-6H2,1-3H3. The van der Waals surface area contributed by atoms with Crippen LogP contribution in [-0.2, 0) is 4.74 Å². The summed E-state index contributed by atoms with van der Waals surface area (Å²) in [5, 5.41) is 6.08. The molecule has 18 heavy (non-hydrogen) atoms. The van der Waals surface area contributed by atoms with Crippen molar-refractivity contribution in [1.29, 1.82) is 0 Å². The van der Waals surface area contributed by atoms with Crippen molar-refractivity contribution in [3.05, 3.63) is 0 Å². The Morgan fingerprint density at radius 3 is 2.17 bits per heavy atom. The van der Waals surface area contributed by atoms with Gasteiger partial charge < -0.3 is 10.1 Å². The van der Waals surface area contributed by atoms with Crippen LogP contribution in [0.15, 0.2) is 0 Å². The number of piperazine rings is 1. The zero-order valence-corrected chi connectivity index (χ0v) is 10.8. The highest BCUT2D eigenvalue weighted by atomic mass is 19.3. The number of alkyl halides is 4. The van der Waals surface area contributed by atoms with E-state index in [1.54, 1.807) is 0 Å². The van der Waals surface area contributed by atoms with Crippen LogP contribution in [0.25, 0.3) is 0 Å². The van der Waals surface area contributed by atoms with Gasteiger partial charge in [-0.05, 0) is 5.41 Å². The van der Waals surface area contributed by atoms with Gasteiger partial charge in [-0.3, -0.25) is 5.32 Å². The van der Waals surface area contributed by atoms with Crippen molar-refractivity contribution in [2.75, 3.05) is 19.7 Å². The largest absolute Gasteiger partial charge is 0.356 e. The SMILES string of the molecule is CC(C)(C)C1CNC(OCC(F)(F)C(F)F)CN1. The molecular weight excluding hydrogens is 252 g/mol. The van der Waals surface area contributed by atoms with Crippen molar-refractivity contribution in [2.24, 2.45) is 5.41 Å². The Labute approximate surface area is 104 Å². The molecule has 7 heteroatoms. The molecule has 1 saturated heterocycles. The van der Waals surface area contributed by atoms with E-state index in [-0.39, 0.29) is 11.5 Å². The van der Waals surface area contributed by atoms with E-state index in [9.17, 15) is 17.6 Å². The van der Waals surface area contributed by atoms with Crippen LogP contribution in [0.4, 0.5) is 17.6 Å². The normalized spacial score (nSPS) is 26.7. The van der Waals surface area contributed by atoms with Crippen molar-refractivity contribution in [1.82, 2.24) is 10.6 Å². The van der Waals surface area contributed by atoms with Gasteiger partial charge in [0.25, 0.3) is 0 Å². The smallest absolute Gasteiger partial charge is 0.330 e. The maximum atomic E-state index is 12.6. The fourth-order valence-electron chi connectivity index (χ4n) is 1.65. The maximum Gasteiger partial charge on any atom is 0.330 e. The summed E-state index contributed by atoms with van der Waals surface area (Å²) in [6.45, 7) is 5.76. The van der Waals surface area contributed by atoms with Gasteiger partial charge in [0.05, 0.1) is 0 Å². The first kappa shape index (κ1) is 15.7. The van der Waals surface area contributed by atoms with Crippen LogP contribution in [0.3, 0.4) is 0 Å². The average molecular weight is 272 g/mol. The number of rotatable bonds is 4. The van der Waals surface area contributed by atoms with E-state index >= 15 is 0 Å². The van der Waals surface area contributed by atoms with Gasteiger partial charge in [0.1, 0.15) is 12.8 Å². The molecule has 0 aromatic carbocycles. The van der Waals surface area contributed by atoms with E-state index in [0.717, 1.165) is 0 Å². The van der Waals surface area contributed by atoms with Crippen LogP contribution in [0.2, 0.25) is 0 Å². The van der Waals surface area contributed by atoms with Crippen LogP contribution in [-0.4, -0.2) is 44.3 Å². The average Bonchev–Trinajstić information content (AvgIpc) is 2.25. The Balaban J connectivity index is 2.32. The molecule has 2 unspecified atom stereocenters. The number of ether oxygens (including phenoxy) is 1. The van der Waals surface area contributed by atoms with Crippen molar-refractivity contribution >= 4 is 0 Å². The monoisotopic (exact) mass is 272 g/mol. The zero-order valence-electron chi connectivity index (χ0n) is 10.8. The maximum absolute atomic E-state index is 12.6. The number of hydrogen-bond donors (Lipinski definition) is 2. The minimum absolute atomic E-state index is 0.0326. The molecule has 2 N–H and O–H groups in total. The first-order valence-electron chi connectivity index (χ1n) is 5.87. The Bertz CT molecular complexity index is 260. The molecule has 1 aliphatic rings. The molecule has 2 atom stereocenters. The highest BCUT2D eigenvalue weighted by Crippen LogP contribution is 2.24. The van der Waals surface area contributed by atoms with E-state index in [1.807, 2.05) is 0 Å².